The lowest BCUT2D eigenvalue weighted by molar-refractivity contribution is -0.0853. The predicted octanol–water partition coefficient (Wildman–Crippen LogP) is 1.03. The monoisotopic (exact) mass is 242 g/mol. The van der Waals surface area contributed by atoms with Crippen molar-refractivity contribution in [2.45, 2.75) is 44.2 Å². The second-order valence-corrected chi connectivity index (χ2v) is 4.76. The van der Waals surface area contributed by atoms with Crippen LogP contribution in [0.25, 0.3) is 0 Å². The Labute approximate surface area is 102 Å². The van der Waals surface area contributed by atoms with Gasteiger partial charge >= 0.3 is 6.03 Å². The van der Waals surface area contributed by atoms with Gasteiger partial charge in [0, 0.05) is 12.6 Å². The van der Waals surface area contributed by atoms with Gasteiger partial charge in [0.05, 0.1) is 25.9 Å². The van der Waals surface area contributed by atoms with Gasteiger partial charge in [-0.25, -0.2) is 4.79 Å². The summed E-state index contributed by atoms with van der Waals surface area (Å²) in [5, 5.41) is 5.86. The molecule has 0 radical (unpaired) electrons. The minimum absolute atomic E-state index is 0.000792. The van der Waals surface area contributed by atoms with Crippen LogP contribution in [0.15, 0.2) is 0 Å². The zero-order chi connectivity index (χ0) is 11.9. The minimum atomic E-state index is -0.0777. The Kier molecular flexibility index (Phi) is 5.07. The Morgan fingerprint density at radius 3 is 2.71 bits per heavy atom. The van der Waals surface area contributed by atoms with Crippen LogP contribution in [0.2, 0.25) is 0 Å². The molecule has 0 spiro atoms. The first-order chi connectivity index (χ1) is 8.34. The summed E-state index contributed by atoms with van der Waals surface area (Å²) in [6.07, 6.45) is 5.97. The second-order valence-electron chi connectivity index (χ2n) is 4.76. The molecule has 2 fully saturated rings. The van der Waals surface area contributed by atoms with Crippen LogP contribution in [0.4, 0.5) is 4.79 Å². The fourth-order valence-electron chi connectivity index (χ4n) is 2.34. The number of nitrogens with one attached hydrogen (secondary N) is 2. The standard InChI is InChI=1S/C12H22N2O3/c15-12(14-10-4-2-1-3-5-10)13-8-11-9-16-6-7-17-11/h10-11H,1-9H2,(H2,13,14,15). The lowest BCUT2D eigenvalue weighted by Crippen LogP contribution is -2.47. The smallest absolute Gasteiger partial charge is 0.315 e. The van der Waals surface area contributed by atoms with E-state index >= 15 is 0 Å². The highest BCUT2D eigenvalue weighted by molar-refractivity contribution is 5.74. The van der Waals surface area contributed by atoms with Crippen molar-refractivity contribution in [1.29, 1.82) is 0 Å². The van der Waals surface area contributed by atoms with Crippen molar-refractivity contribution in [3.63, 3.8) is 0 Å². The Morgan fingerprint density at radius 2 is 2.00 bits per heavy atom. The van der Waals surface area contributed by atoms with Crippen LogP contribution in [0, 0.1) is 0 Å². The summed E-state index contributed by atoms with van der Waals surface area (Å²) in [4.78, 5) is 11.6. The first-order valence-electron chi connectivity index (χ1n) is 6.58. The van der Waals surface area contributed by atoms with E-state index in [1.807, 2.05) is 0 Å². The summed E-state index contributed by atoms with van der Waals surface area (Å²) >= 11 is 0. The van der Waals surface area contributed by atoms with Crippen LogP contribution < -0.4 is 10.6 Å². The first kappa shape index (κ1) is 12.6. The van der Waals surface area contributed by atoms with Gasteiger partial charge in [-0.05, 0) is 12.8 Å². The van der Waals surface area contributed by atoms with Crippen molar-refractivity contribution in [3.05, 3.63) is 0 Å². The van der Waals surface area contributed by atoms with Gasteiger partial charge in [-0.3, -0.25) is 0 Å². The molecule has 1 saturated carbocycles. The number of rotatable bonds is 3. The minimum Gasteiger partial charge on any atom is -0.376 e. The molecule has 5 heteroatoms. The number of amides is 2. The maximum atomic E-state index is 11.6. The molecule has 2 rings (SSSR count). The fraction of sp³-hybridized carbons (Fsp3) is 0.917. The highest BCUT2D eigenvalue weighted by atomic mass is 16.6. The normalized spacial score (nSPS) is 26.5. The second kappa shape index (κ2) is 6.81. The summed E-state index contributed by atoms with van der Waals surface area (Å²) in [5.74, 6) is 0. The molecular formula is C12H22N2O3. The van der Waals surface area contributed by atoms with Gasteiger partial charge < -0.3 is 20.1 Å². The molecule has 2 amide bonds. The molecule has 2 N–H and O–H groups in total. The summed E-state index contributed by atoms with van der Waals surface area (Å²) in [7, 11) is 0. The molecule has 1 aliphatic heterocycles. The SMILES string of the molecule is O=C(NCC1COCCO1)NC1CCCCC1. The molecule has 1 heterocycles. The van der Waals surface area contributed by atoms with E-state index in [0.29, 0.717) is 32.4 Å². The summed E-state index contributed by atoms with van der Waals surface area (Å²) in [5.41, 5.74) is 0. The van der Waals surface area contributed by atoms with Gasteiger partial charge in [-0.15, -0.1) is 0 Å². The molecule has 0 aromatic heterocycles. The maximum absolute atomic E-state index is 11.6. The lowest BCUT2D eigenvalue weighted by atomic mass is 9.96. The van der Waals surface area contributed by atoms with Gasteiger partial charge in [0.2, 0.25) is 0 Å². The Balaban J connectivity index is 1.59. The third kappa shape index (κ3) is 4.52. The van der Waals surface area contributed by atoms with Gasteiger partial charge in [-0.1, -0.05) is 19.3 Å². The number of ether oxygens (including phenoxy) is 2. The van der Waals surface area contributed by atoms with Gasteiger partial charge in [-0.2, -0.15) is 0 Å². The van der Waals surface area contributed by atoms with Gasteiger partial charge in [0.1, 0.15) is 0 Å². The average molecular weight is 242 g/mol. The highest BCUT2D eigenvalue weighted by Crippen LogP contribution is 2.17. The van der Waals surface area contributed by atoms with E-state index < -0.39 is 0 Å². The fourth-order valence-corrected chi connectivity index (χ4v) is 2.34. The molecule has 0 aromatic carbocycles. The lowest BCUT2D eigenvalue weighted by Gasteiger charge is -2.25. The third-order valence-corrected chi connectivity index (χ3v) is 3.32. The van der Waals surface area contributed by atoms with Crippen LogP contribution in [-0.2, 0) is 9.47 Å². The number of carbonyl (C=O) groups is 1. The van der Waals surface area contributed by atoms with Crippen LogP contribution in [0.1, 0.15) is 32.1 Å². The largest absolute Gasteiger partial charge is 0.376 e. The third-order valence-electron chi connectivity index (χ3n) is 3.32. The van der Waals surface area contributed by atoms with Crippen LogP contribution in [0.3, 0.4) is 0 Å². The first-order valence-corrected chi connectivity index (χ1v) is 6.58. The average Bonchev–Trinajstić information content (AvgIpc) is 2.39. The highest BCUT2D eigenvalue weighted by Gasteiger charge is 2.18. The van der Waals surface area contributed by atoms with Gasteiger partial charge in [0.25, 0.3) is 0 Å². The number of hydrogen-bond donors (Lipinski definition) is 2. The molecule has 1 atom stereocenters. The van der Waals surface area contributed by atoms with E-state index in [2.05, 4.69) is 10.6 Å². The van der Waals surface area contributed by atoms with Crippen molar-refractivity contribution >= 4 is 6.03 Å². The van der Waals surface area contributed by atoms with E-state index in [4.69, 9.17) is 9.47 Å². The van der Waals surface area contributed by atoms with Crippen molar-refractivity contribution < 1.29 is 14.3 Å². The quantitative estimate of drug-likeness (QED) is 0.777. The summed E-state index contributed by atoms with van der Waals surface area (Å²) in [6, 6.07) is 0.276. The Morgan fingerprint density at radius 1 is 1.18 bits per heavy atom. The van der Waals surface area contributed by atoms with E-state index in [9.17, 15) is 4.79 Å². The molecule has 1 aliphatic carbocycles. The van der Waals surface area contributed by atoms with Gasteiger partial charge in [0.15, 0.2) is 0 Å². The summed E-state index contributed by atoms with van der Waals surface area (Å²) < 4.78 is 10.7. The molecule has 17 heavy (non-hydrogen) atoms. The van der Waals surface area contributed by atoms with Crippen molar-refractivity contribution in [2.24, 2.45) is 0 Å². The van der Waals surface area contributed by atoms with Crippen molar-refractivity contribution in [2.75, 3.05) is 26.4 Å². The predicted molar refractivity (Wildman–Crippen MR) is 64.0 cm³/mol. The van der Waals surface area contributed by atoms with E-state index in [-0.39, 0.29) is 12.1 Å². The van der Waals surface area contributed by atoms with Crippen molar-refractivity contribution in [1.82, 2.24) is 10.6 Å². The zero-order valence-electron chi connectivity index (χ0n) is 10.2. The Bertz CT molecular complexity index is 236. The molecular weight excluding hydrogens is 220 g/mol. The van der Waals surface area contributed by atoms with Crippen LogP contribution in [-0.4, -0.2) is 44.5 Å². The maximum Gasteiger partial charge on any atom is 0.315 e. The molecule has 1 saturated heterocycles. The number of urea groups is 1. The van der Waals surface area contributed by atoms with Crippen LogP contribution in [0.5, 0.6) is 0 Å². The van der Waals surface area contributed by atoms with E-state index in [0.717, 1.165) is 12.8 Å². The molecule has 5 nitrogen and oxygen atoms in total. The molecule has 1 unspecified atom stereocenters. The number of carbonyl (C=O) groups excluding carboxylic acids is 1. The van der Waals surface area contributed by atoms with Crippen molar-refractivity contribution in [3.8, 4) is 0 Å². The molecule has 0 bridgehead atoms. The van der Waals surface area contributed by atoms with Crippen LogP contribution >= 0.6 is 0 Å². The molecule has 2 aliphatic rings. The molecule has 0 aromatic rings. The van der Waals surface area contributed by atoms with E-state index in [1.165, 1.54) is 19.3 Å². The number of hydrogen-bond acceptors (Lipinski definition) is 3. The Hall–Kier alpha value is -0.810. The zero-order valence-corrected chi connectivity index (χ0v) is 10.2. The van der Waals surface area contributed by atoms with E-state index in [1.54, 1.807) is 0 Å². The summed E-state index contributed by atoms with van der Waals surface area (Å²) in [6.45, 7) is 2.38. The topological polar surface area (TPSA) is 59.6 Å². The molecule has 98 valence electrons.